The number of nitrogens with zero attached hydrogens (tertiary/aromatic N) is 1. The number of carbonyl (C=O) groups excluding carboxylic acids is 1. The zero-order chi connectivity index (χ0) is 27.2. The summed E-state index contributed by atoms with van der Waals surface area (Å²) in [7, 11) is -2.71. The maximum Gasteiger partial charge on any atom is 0.262 e. The highest BCUT2D eigenvalue weighted by Crippen LogP contribution is 2.47. The lowest BCUT2D eigenvalue weighted by atomic mass is 9.67. The van der Waals surface area contributed by atoms with Crippen molar-refractivity contribution in [2.24, 2.45) is 11.8 Å². The summed E-state index contributed by atoms with van der Waals surface area (Å²) < 4.78 is 22.4. The Morgan fingerprint density at radius 3 is 2.77 bits per heavy atom. The van der Waals surface area contributed by atoms with E-state index in [1.807, 2.05) is 18.2 Å². The van der Waals surface area contributed by atoms with E-state index < -0.39 is 9.71 Å². The molecule has 1 amide bonds. The molecule has 1 unspecified atom stereocenters. The minimum Gasteiger partial charge on any atom is -0.490 e. The lowest BCUT2D eigenvalue weighted by molar-refractivity contribution is 0.0982. The van der Waals surface area contributed by atoms with E-state index in [4.69, 9.17) is 16.3 Å². The predicted molar refractivity (Wildman–Crippen MR) is 162 cm³/mol. The van der Waals surface area contributed by atoms with E-state index >= 15 is 0 Å². The van der Waals surface area contributed by atoms with Crippen LogP contribution in [0.1, 0.15) is 72.9 Å². The van der Waals surface area contributed by atoms with Crippen molar-refractivity contribution >= 4 is 38.8 Å². The Bertz CT molecular complexity index is 1400. The highest BCUT2D eigenvalue weighted by atomic mass is 35.5. The summed E-state index contributed by atoms with van der Waals surface area (Å²) in [4.78, 5) is 15.7. The Morgan fingerprint density at radius 1 is 1.08 bits per heavy atom. The third-order valence-corrected chi connectivity index (χ3v) is 11.2. The van der Waals surface area contributed by atoms with Crippen LogP contribution in [-0.4, -0.2) is 41.4 Å². The highest BCUT2D eigenvalue weighted by Gasteiger charge is 2.43. The van der Waals surface area contributed by atoms with E-state index in [2.05, 4.69) is 34.2 Å². The van der Waals surface area contributed by atoms with Crippen molar-refractivity contribution in [1.82, 2.24) is 4.72 Å². The molecule has 1 saturated carbocycles. The third kappa shape index (κ3) is 5.35. The molecule has 2 bridgehead atoms. The fourth-order valence-corrected chi connectivity index (χ4v) is 8.61. The molecule has 1 fully saturated rings. The second-order valence-electron chi connectivity index (χ2n) is 12.1. The molecule has 4 atom stereocenters. The van der Waals surface area contributed by atoms with Gasteiger partial charge in [-0.1, -0.05) is 36.2 Å². The first kappa shape index (κ1) is 26.8. The van der Waals surface area contributed by atoms with Crippen LogP contribution in [0.4, 0.5) is 5.69 Å². The van der Waals surface area contributed by atoms with Crippen molar-refractivity contribution in [3.8, 4) is 5.75 Å². The number of hydrogen-bond donors (Lipinski definition) is 1. The molecule has 2 aliphatic carbocycles. The molecule has 208 valence electrons. The molecule has 1 N–H and O–H groups in total. The number of anilines is 1. The van der Waals surface area contributed by atoms with E-state index in [0.717, 1.165) is 74.5 Å². The second kappa shape index (κ2) is 10.5. The smallest absolute Gasteiger partial charge is 0.262 e. The molecule has 4 aliphatic rings. The average Bonchev–Trinajstić information content (AvgIpc) is 3.02. The molecule has 2 heterocycles. The lowest BCUT2D eigenvalue weighted by Gasteiger charge is -2.45. The van der Waals surface area contributed by atoms with Crippen LogP contribution in [0.5, 0.6) is 5.75 Å². The van der Waals surface area contributed by atoms with Gasteiger partial charge in [0.05, 0.1) is 12.3 Å². The zero-order valence-electron chi connectivity index (χ0n) is 22.7. The van der Waals surface area contributed by atoms with Gasteiger partial charge in [-0.2, -0.15) is 0 Å². The van der Waals surface area contributed by atoms with Crippen LogP contribution in [0, 0.1) is 11.8 Å². The first-order chi connectivity index (χ1) is 18.7. The molecular formula is C32H39ClN2O3S. The molecular weight excluding hydrogens is 528 g/mol. The maximum absolute atomic E-state index is 13.2. The molecule has 0 radical (unpaired) electrons. The van der Waals surface area contributed by atoms with Gasteiger partial charge in [0.15, 0.2) is 0 Å². The fourth-order valence-electron chi connectivity index (χ4n) is 7.19. The number of aryl methyl sites for hydroxylation is 1. The van der Waals surface area contributed by atoms with Gasteiger partial charge in [-0.15, -0.1) is 0 Å². The minimum atomic E-state index is -2.71. The number of nitrogens with one attached hydrogen (secondary N) is 1. The van der Waals surface area contributed by atoms with Gasteiger partial charge in [0.25, 0.3) is 5.91 Å². The van der Waals surface area contributed by atoms with Crippen molar-refractivity contribution in [3.05, 3.63) is 70.3 Å². The van der Waals surface area contributed by atoms with Crippen molar-refractivity contribution in [2.75, 3.05) is 30.3 Å². The molecule has 7 heteroatoms. The van der Waals surface area contributed by atoms with E-state index in [9.17, 15) is 9.00 Å². The van der Waals surface area contributed by atoms with Crippen LogP contribution in [0.15, 0.2) is 48.6 Å². The summed E-state index contributed by atoms with van der Waals surface area (Å²) in [6.07, 6.45) is 9.35. The Hall–Kier alpha value is -2.44. The quantitative estimate of drug-likeness (QED) is 0.299. The van der Waals surface area contributed by atoms with Crippen LogP contribution >= 0.6 is 11.6 Å². The molecule has 0 saturated heterocycles. The van der Waals surface area contributed by atoms with Gasteiger partial charge in [-0.05, 0) is 111 Å². The molecule has 2 aromatic carbocycles. The van der Waals surface area contributed by atoms with Crippen molar-refractivity contribution in [2.45, 2.75) is 63.2 Å². The second-order valence-corrected chi connectivity index (χ2v) is 14.8. The van der Waals surface area contributed by atoms with E-state index in [1.54, 1.807) is 6.07 Å². The summed E-state index contributed by atoms with van der Waals surface area (Å²) in [6.45, 7) is 6.82. The number of ether oxygens (including phenoxy) is 1. The monoisotopic (exact) mass is 566 g/mol. The SMILES string of the molecule is C=C1CCCCCS(=C)(=O)NC(=O)c2ccc3c(c2)N(C[C@@H]2CC[C@@H]12)C[C@@]1(CCCc2cc(Cl)ccc21)CO3. The van der Waals surface area contributed by atoms with Crippen molar-refractivity contribution < 1.29 is 13.7 Å². The zero-order valence-corrected chi connectivity index (χ0v) is 24.3. The maximum atomic E-state index is 13.2. The lowest BCUT2D eigenvalue weighted by Crippen LogP contribution is -2.48. The molecule has 2 aromatic rings. The topological polar surface area (TPSA) is 58.6 Å². The van der Waals surface area contributed by atoms with Crippen LogP contribution in [-0.2, 0) is 21.5 Å². The molecule has 1 spiro atoms. The first-order valence-corrected chi connectivity index (χ1v) is 16.7. The third-order valence-electron chi connectivity index (χ3n) is 9.45. The number of allylic oxidation sites excluding steroid dienone is 1. The first-order valence-electron chi connectivity index (χ1n) is 14.4. The normalized spacial score (nSPS) is 31.3. The molecule has 2 aliphatic heterocycles. The van der Waals surface area contributed by atoms with Crippen LogP contribution in [0.2, 0.25) is 5.02 Å². The fraction of sp³-hybridized carbons (Fsp3) is 0.500. The number of hydrogen-bond acceptors (Lipinski definition) is 4. The van der Waals surface area contributed by atoms with Gasteiger partial charge in [-0.3, -0.25) is 9.52 Å². The minimum absolute atomic E-state index is 0.154. The molecule has 39 heavy (non-hydrogen) atoms. The Labute approximate surface area is 238 Å². The number of halogens is 1. The molecule has 0 aromatic heterocycles. The van der Waals surface area contributed by atoms with Crippen LogP contribution in [0.3, 0.4) is 0 Å². The summed E-state index contributed by atoms with van der Waals surface area (Å²) in [6, 6.07) is 11.9. The number of benzene rings is 2. The standard InChI is InChI=1S/C32H39ClN2O3S/c1-22-7-4-3-5-16-39(2,37)34-31(36)24-10-14-30-29(18-24)35(19-25-9-12-27(22)25)20-32(21-38-30)15-6-8-23-17-26(33)11-13-28(23)32/h10-11,13-14,17-18,25,27H,1-9,12,15-16,19-21H2,(H,34,36,37)/t25-,27-,32-,39?/m0/s1. The van der Waals surface area contributed by atoms with Crippen LogP contribution < -0.4 is 14.4 Å². The van der Waals surface area contributed by atoms with E-state index in [1.165, 1.54) is 29.5 Å². The largest absolute Gasteiger partial charge is 0.490 e. The molecule has 5 nitrogen and oxygen atoms in total. The number of fused-ring (bicyclic) bond motifs is 4. The Balaban J connectivity index is 1.41. The Morgan fingerprint density at radius 2 is 1.95 bits per heavy atom. The summed E-state index contributed by atoms with van der Waals surface area (Å²) >= 11 is 6.40. The van der Waals surface area contributed by atoms with E-state index in [0.29, 0.717) is 29.8 Å². The van der Waals surface area contributed by atoms with Gasteiger partial charge in [0, 0.05) is 44.6 Å². The van der Waals surface area contributed by atoms with Crippen LogP contribution in [0.25, 0.3) is 0 Å². The Kier molecular flexibility index (Phi) is 7.22. The number of rotatable bonds is 0. The summed E-state index contributed by atoms with van der Waals surface area (Å²) in [5.41, 5.74) is 5.29. The molecule has 6 rings (SSSR count). The predicted octanol–water partition coefficient (Wildman–Crippen LogP) is 6.33. The van der Waals surface area contributed by atoms with Gasteiger partial charge in [-0.25, -0.2) is 4.21 Å². The van der Waals surface area contributed by atoms with Crippen molar-refractivity contribution in [1.29, 1.82) is 0 Å². The van der Waals surface area contributed by atoms with Gasteiger partial charge in [0.1, 0.15) is 5.75 Å². The number of amides is 1. The van der Waals surface area contributed by atoms with Gasteiger partial charge >= 0.3 is 0 Å². The van der Waals surface area contributed by atoms with E-state index in [-0.39, 0.29) is 11.3 Å². The van der Waals surface area contributed by atoms with Gasteiger partial charge in [0.2, 0.25) is 0 Å². The van der Waals surface area contributed by atoms with Crippen molar-refractivity contribution in [3.63, 3.8) is 0 Å². The average molecular weight is 567 g/mol. The van der Waals surface area contributed by atoms with Gasteiger partial charge < -0.3 is 9.64 Å². The highest BCUT2D eigenvalue weighted by molar-refractivity contribution is 7.99. The summed E-state index contributed by atoms with van der Waals surface area (Å²) in [5, 5.41) is 0.780. The summed E-state index contributed by atoms with van der Waals surface area (Å²) in [5.74, 6) is 5.79. The number of carbonyl (C=O) groups is 1.